The van der Waals surface area contributed by atoms with E-state index in [9.17, 15) is 4.79 Å². The van der Waals surface area contributed by atoms with E-state index >= 15 is 0 Å². The van der Waals surface area contributed by atoms with Crippen LogP contribution in [-0.2, 0) is 4.74 Å². The molecule has 2 rings (SSSR count). The Morgan fingerprint density at radius 2 is 2.44 bits per heavy atom. The van der Waals surface area contributed by atoms with Crippen LogP contribution >= 0.6 is 11.6 Å². The van der Waals surface area contributed by atoms with E-state index in [4.69, 9.17) is 21.1 Å². The molecule has 1 aliphatic rings. The Morgan fingerprint density at radius 3 is 3.06 bits per heavy atom. The number of aldehydes is 1. The molecule has 0 aliphatic carbocycles. The van der Waals surface area contributed by atoms with Crippen LogP contribution in [-0.4, -0.2) is 25.6 Å². The largest absolute Gasteiger partial charge is 0.491 e. The smallest absolute Gasteiger partial charge is 0.151 e. The third-order valence-corrected chi connectivity index (χ3v) is 2.89. The number of rotatable bonds is 4. The van der Waals surface area contributed by atoms with Crippen LogP contribution < -0.4 is 4.74 Å². The van der Waals surface area contributed by atoms with Crippen molar-refractivity contribution in [1.29, 1.82) is 0 Å². The van der Waals surface area contributed by atoms with Gasteiger partial charge in [-0.1, -0.05) is 11.6 Å². The molecule has 16 heavy (non-hydrogen) atoms. The van der Waals surface area contributed by atoms with Gasteiger partial charge in [0.05, 0.1) is 11.1 Å². The summed E-state index contributed by atoms with van der Waals surface area (Å²) in [6.45, 7) is 1.36. The van der Waals surface area contributed by atoms with E-state index in [1.54, 1.807) is 18.2 Å². The zero-order valence-electron chi connectivity index (χ0n) is 8.82. The van der Waals surface area contributed by atoms with E-state index in [1.165, 1.54) is 0 Å². The molecule has 0 N–H and O–H groups in total. The molecule has 3 nitrogen and oxygen atoms in total. The minimum Gasteiger partial charge on any atom is -0.491 e. The molecule has 0 saturated carbocycles. The van der Waals surface area contributed by atoms with Crippen molar-refractivity contribution in [2.45, 2.75) is 18.9 Å². The second-order valence-corrected chi connectivity index (χ2v) is 4.15. The SMILES string of the molecule is O=Cc1ccc(OCC2CCCO2)cc1Cl. The van der Waals surface area contributed by atoms with Gasteiger partial charge in [-0.25, -0.2) is 0 Å². The number of benzene rings is 1. The predicted molar refractivity (Wildman–Crippen MR) is 61.3 cm³/mol. The highest BCUT2D eigenvalue weighted by Gasteiger charge is 2.16. The van der Waals surface area contributed by atoms with Crippen LogP contribution in [0.25, 0.3) is 0 Å². The number of halogens is 1. The average molecular weight is 241 g/mol. The van der Waals surface area contributed by atoms with Gasteiger partial charge in [0, 0.05) is 12.2 Å². The lowest BCUT2D eigenvalue weighted by Crippen LogP contribution is -2.16. The molecule has 1 saturated heterocycles. The predicted octanol–water partition coefficient (Wildman–Crippen LogP) is 2.71. The lowest BCUT2D eigenvalue weighted by Gasteiger charge is -2.11. The van der Waals surface area contributed by atoms with E-state index in [2.05, 4.69) is 0 Å². The fourth-order valence-electron chi connectivity index (χ4n) is 1.66. The molecule has 0 radical (unpaired) electrons. The molecule has 1 unspecified atom stereocenters. The minimum absolute atomic E-state index is 0.185. The van der Waals surface area contributed by atoms with Crippen molar-refractivity contribution in [2.75, 3.05) is 13.2 Å². The Labute approximate surface area is 99.3 Å². The molecule has 0 bridgehead atoms. The highest BCUT2D eigenvalue weighted by Crippen LogP contribution is 2.22. The summed E-state index contributed by atoms with van der Waals surface area (Å²) < 4.78 is 11.0. The van der Waals surface area contributed by atoms with Gasteiger partial charge in [-0.2, -0.15) is 0 Å². The van der Waals surface area contributed by atoms with E-state index in [0.717, 1.165) is 25.7 Å². The van der Waals surface area contributed by atoms with Gasteiger partial charge in [-0.15, -0.1) is 0 Å². The second kappa shape index (κ2) is 5.32. The Bertz CT molecular complexity index is 373. The zero-order valence-corrected chi connectivity index (χ0v) is 9.57. The van der Waals surface area contributed by atoms with Crippen LogP contribution in [0, 0.1) is 0 Å². The molecule has 1 aromatic rings. The van der Waals surface area contributed by atoms with Gasteiger partial charge in [0.25, 0.3) is 0 Å². The normalized spacial score (nSPS) is 19.7. The number of carbonyl (C=O) groups is 1. The molecule has 0 amide bonds. The maximum absolute atomic E-state index is 10.6. The van der Waals surface area contributed by atoms with Gasteiger partial charge in [-0.3, -0.25) is 4.79 Å². The Hall–Kier alpha value is -1.06. The third-order valence-electron chi connectivity index (χ3n) is 2.56. The molecular formula is C12H13ClO3. The van der Waals surface area contributed by atoms with Gasteiger partial charge in [0.15, 0.2) is 6.29 Å². The first-order valence-electron chi connectivity index (χ1n) is 5.29. The summed E-state index contributed by atoms with van der Waals surface area (Å²) >= 11 is 5.88. The molecule has 1 aromatic carbocycles. The lowest BCUT2D eigenvalue weighted by molar-refractivity contribution is 0.0679. The van der Waals surface area contributed by atoms with Crippen molar-refractivity contribution in [3.63, 3.8) is 0 Å². The quantitative estimate of drug-likeness (QED) is 0.759. The molecule has 0 spiro atoms. The van der Waals surface area contributed by atoms with Crippen molar-refractivity contribution >= 4 is 17.9 Å². The summed E-state index contributed by atoms with van der Waals surface area (Å²) in [5.41, 5.74) is 0.478. The standard InChI is InChI=1S/C12H13ClO3/c13-12-6-10(4-3-9(12)7-14)16-8-11-2-1-5-15-11/h3-4,6-7,11H,1-2,5,8H2. The topological polar surface area (TPSA) is 35.5 Å². The van der Waals surface area contributed by atoms with Crippen LogP contribution in [0.15, 0.2) is 18.2 Å². The van der Waals surface area contributed by atoms with E-state index in [-0.39, 0.29) is 6.10 Å². The van der Waals surface area contributed by atoms with Crippen molar-refractivity contribution in [3.8, 4) is 5.75 Å². The number of ether oxygens (including phenoxy) is 2. The summed E-state index contributed by atoms with van der Waals surface area (Å²) in [7, 11) is 0. The molecule has 4 heteroatoms. The Kier molecular flexibility index (Phi) is 3.80. The second-order valence-electron chi connectivity index (χ2n) is 3.75. The van der Waals surface area contributed by atoms with Crippen molar-refractivity contribution in [1.82, 2.24) is 0 Å². The summed E-state index contributed by atoms with van der Waals surface area (Å²) in [4.78, 5) is 10.6. The minimum atomic E-state index is 0.185. The average Bonchev–Trinajstić information content (AvgIpc) is 2.79. The van der Waals surface area contributed by atoms with Crippen molar-refractivity contribution in [2.24, 2.45) is 0 Å². The first kappa shape index (κ1) is 11.4. The highest BCUT2D eigenvalue weighted by atomic mass is 35.5. The number of hydrogen-bond acceptors (Lipinski definition) is 3. The Morgan fingerprint density at radius 1 is 1.56 bits per heavy atom. The van der Waals surface area contributed by atoms with Crippen molar-refractivity contribution < 1.29 is 14.3 Å². The van der Waals surface area contributed by atoms with Crippen LogP contribution in [0.1, 0.15) is 23.2 Å². The molecule has 1 atom stereocenters. The third kappa shape index (κ3) is 2.74. The molecule has 86 valence electrons. The maximum Gasteiger partial charge on any atom is 0.151 e. The summed E-state index contributed by atoms with van der Waals surface area (Å²) in [6.07, 6.45) is 3.05. The number of hydrogen-bond donors (Lipinski definition) is 0. The summed E-state index contributed by atoms with van der Waals surface area (Å²) in [5, 5.41) is 0.417. The fourth-order valence-corrected chi connectivity index (χ4v) is 1.87. The van der Waals surface area contributed by atoms with Gasteiger partial charge in [0.2, 0.25) is 0 Å². The van der Waals surface area contributed by atoms with Crippen LogP contribution in [0.4, 0.5) is 0 Å². The zero-order chi connectivity index (χ0) is 11.4. The molecule has 1 fully saturated rings. The molecular weight excluding hydrogens is 228 g/mol. The molecule has 1 heterocycles. The van der Waals surface area contributed by atoms with Crippen LogP contribution in [0.2, 0.25) is 5.02 Å². The van der Waals surface area contributed by atoms with Crippen LogP contribution in [0.5, 0.6) is 5.75 Å². The number of carbonyl (C=O) groups excluding carboxylic acids is 1. The van der Waals surface area contributed by atoms with E-state index in [0.29, 0.717) is 22.9 Å². The van der Waals surface area contributed by atoms with Gasteiger partial charge >= 0.3 is 0 Å². The van der Waals surface area contributed by atoms with Gasteiger partial charge < -0.3 is 9.47 Å². The maximum atomic E-state index is 10.6. The monoisotopic (exact) mass is 240 g/mol. The van der Waals surface area contributed by atoms with E-state index < -0.39 is 0 Å². The summed E-state index contributed by atoms with van der Waals surface area (Å²) in [5.74, 6) is 0.672. The van der Waals surface area contributed by atoms with Gasteiger partial charge in [0.1, 0.15) is 12.4 Å². The fraction of sp³-hybridized carbons (Fsp3) is 0.417. The van der Waals surface area contributed by atoms with E-state index in [1.807, 2.05) is 0 Å². The lowest BCUT2D eigenvalue weighted by atomic mass is 10.2. The summed E-state index contributed by atoms with van der Waals surface area (Å²) in [6, 6.07) is 5.05. The van der Waals surface area contributed by atoms with Crippen molar-refractivity contribution in [3.05, 3.63) is 28.8 Å². The highest BCUT2D eigenvalue weighted by molar-refractivity contribution is 6.33. The molecule has 0 aromatic heterocycles. The Balaban J connectivity index is 1.93. The van der Waals surface area contributed by atoms with Gasteiger partial charge in [-0.05, 0) is 31.0 Å². The first-order chi connectivity index (χ1) is 7.79. The van der Waals surface area contributed by atoms with Crippen LogP contribution in [0.3, 0.4) is 0 Å². The first-order valence-corrected chi connectivity index (χ1v) is 5.66. The molecule has 1 aliphatic heterocycles.